The predicted molar refractivity (Wildman–Crippen MR) is 98.7 cm³/mol. The van der Waals surface area contributed by atoms with Gasteiger partial charge in [-0.2, -0.15) is 4.98 Å². The summed E-state index contributed by atoms with van der Waals surface area (Å²) in [4.78, 5) is 16.2. The number of rotatable bonds is 7. The Balaban J connectivity index is 2.12. The van der Waals surface area contributed by atoms with E-state index in [1.165, 1.54) is 19.1 Å². The van der Waals surface area contributed by atoms with Crippen LogP contribution in [0.25, 0.3) is 11.4 Å². The Bertz CT molecular complexity index is 876. The lowest BCUT2D eigenvalue weighted by Gasteiger charge is -2.11. The molecule has 0 aliphatic heterocycles. The van der Waals surface area contributed by atoms with Crippen LogP contribution in [0, 0.1) is 0 Å². The monoisotopic (exact) mass is 417 g/mol. The van der Waals surface area contributed by atoms with Gasteiger partial charge in [-0.1, -0.05) is 41.0 Å². The second-order valence-electron chi connectivity index (χ2n) is 4.93. The van der Waals surface area contributed by atoms with E-state index in [1.807, 2.05) is 0 Å². The second-order valence-corrected chi connectivity index (χ2v) is 7.22. The third kappa shape index (κ3) is 5.01. The number of aromatic nitrogens is 2. The molecule has 0 saturated heterocycles. The maximum Gasteiger partial charge on any atom is 0.251 e. The summed E-state index contributed by atoms with van der Waals surface area (Å²) in [6.07, 6.45) is 3.55. The molecular formula is C16H14Cl2FN3O3S. The fraction of sp³-hybridized carbons (Fsp3) is 0.188. The van der Waals surface area contributed by atoms with Crippen LogP contribution in [0.4, 0.5) is 4.39 Å². The average Bonchev–Trinajstić information content (AvgIpc) is 3.22. The van der Waals surface area contributed by atoms with E-state index in [1.54, 1.807) is 6.07 Å². The fourth-order valence-electron chi connectivity index (χ4n) is 1.77. The van der Waals surface area contributed by atoms with Crippen molar-refractivity contribution in [2.24, 2.45) is 0 Å². The summed E-state index contributed by atoms with van der Waals surface area (Å²) in [6.45, 7) is 4.56. The van der Waals surface area contributed by atoms with Gasteiger partial charge in [-0.05, 0) is 25.1 Å². The quantitative estimate of drug-likeness (QED) is 0.519. The molecule has 1 atom stereocenters. The van der Waals surface area contributed by atoms with E-state index in [-0.39, 0.29) is 17.3 Å². The maximum atomic E-state index is 13.1. The van der Waals surface area contributed by atoms with Gasteiger partial charge in [0, 0.05) is 5.57 Å². The molecule has 0 aliphatic carbocycles. The number of thiophene rings is 1. The molecule has 0 unspecified atom stereocenters. The average molecular weight is 418 g/mol. The van der Waals surface area contributed by atoms with Crippen LogP contribution in [0.2, 0.25) is 8.67 Å². The number of hydrogen-bond acceptors (Lipinski definition) is 6. The zero-order valence-corrected chi connectivity index (χ0v) is 15.8. The first-order valence-corrected chi connectivity index (χ1v) is 8.82. The summed E-state index contributed by atoms with van der Waals surface area (Å²) in [7, 11) is 0. The van der Waals surface area contributed by atoms with Crippen LogP contribution in [0.5, 0.6) is 0 Å². The number of allylic oxidation sites excluding steroid dienone is 3. The van der Waals surface area contributed by atoms with Gasteiger partial charge in [-0.3, -0.25) is 4.79 Å². The molecule has 1 amide bonds. The Labute approximate surface area is 162 Å². The number of carbonyl (C=O) groups excluding carboxylic acids is 1. The summed E-state index contributed by atoms with van der Waals surface area (Å²) in [6, 6.07) is 0.617. The molecule has 10 heteroatoms. The van der Waals surface area contributed by atoms with Crippen molar-refractivity contribution in [1.29, 1.82) is 0 Å². The van der Waals surface area contributed by atoms with Gasteiger partial charge >= 0.3 is 0 Å². The third-order valence-electron chi connectivity index (χ3n) is 3.14. The highest BCUT2D eigenvalue weighted by molar-refractivity contribution is 7.20. The lowest BCUT2D eigenvalue weighted by atomic mass is 10.2. The summed E-state index contributed by atoms with van der Waals surface area (Å²) in [5.74, 6) is -0.980. The number of nitrogens with one attached hydrogen (secondary N) is 1. The van der Waals surface area contributed by atoms with Crippen LogP contribution >= 0.6 is 34.5 Å². The van der Waals surface area contributed by atoms with Gasteiger partial charge in [-0.25, -0.2) is 4.39 Å². The van der Waals surface area contributed by atoms with Crippen molar-refractivity contribution in [2.45, 2.75) is 13.0 Å². The van der Waals surface area contributed by atoms with E-state index in [0.29, 0.717) is 14.2 Å². The van der Waals surface area contributed by atoms with E-state index < -0.39 is 24.4 Å². The number of aliphatic hydroxyl groups excluding tert-OH is 1. The summed E-state index contributed by atoms with van der Waals surface area (Å²) in [5.41, 5.74) is 0.474. The van der Waals surface area contributed by atoms with Crippen molar-refractivity contribution in [3.8, 4) is 11.4 Å². The van der Waals surface area contributed by atoms with Gasteiger partial charge in [0.1, 0.15) is 16.2 Å². The minimum atomic E-state index is -0.964. The topological polar surface area (TPSA) is 88.2 Å². The summed E-state index contributed by atoms with van der Waals surface area (Å²) in [5, 5.41) is 15.7. The van der Waals surface area contributed by atoms with Crippen molar-refractivity contribution >= 4 is 40.4 Å². The van der Waals surface area contributed by atoms with Crippen molar-refractivity contribution in [2.75, 3.05) is 6.61 Å². The Kier molecular flexibility index (Phi) is 7.10. The number of halogens is 3. The molecule has 2 N–H and O–H groups in total. The van der Waals surface area contributed by atoms with E-state index in [2.05, 4.69) is 22.0 Å². The van der Waals surface area contributed by atoms with Crippen molar-refractivity contribution in [3.05, 3.63) is 56.8 Å². The van der Waals surface area contributed by atoms with Crippen molar-refractivity contribution < 1.29 is 18.8 Å². The predicted octanol–water partition coefficient (Wildman–Crippen LogP) is 4.24. The van der Waals surface area contributed by atoms with Gasteiger partial charge in [0.05, 0.1) is 16.5 Å². The van der Waals surface area contributed by atoms with Gasteiger partial charge in [-0.15, -0.1) is 11.3 Å². The van der Waals surface area contributed by atoms with E-state index in [0.717, 1.165) is 17.4 Å². The maximum absolute atomic E-state index is 13.1. The van der Waals surface area contributed by atoms with Crippen LogP contribution in [-0.4, -0.2) is 27.8 Å². The molecule has 0 fully saturated rings. The molecule has 2 aromatic rings. The second kappa shape index (κ2) is 9.09. The Morgan fingerprint density at radius 1 is 1.54 bits per heavy atom. The molecule has 0 aliphatic rings. The SMILES string of the molecule is C=C(/C=C\C(F)=C/C)C(=O)N[C@@H](CO)c1nc(-c2cc(Cl)sc2Cl)no1. The van der Waals surface area contributed by atoms with Crippen LogP contribution in [0.1, 0.15) is 18.9 Å². The zero-order chi connectivity index (χ0) is 19.3. The lowest BCUT2D eigenvalue weighted by molar-refractivity contribution is -0.118. The zero-order valence-electron chi connectivity index (χ0n) is 13.5. The van der Waals surface area contributed by atoms with Crippen LogP contribution in [-0.2, 0) is 4.79 Å². The number of nitrogens with zero attached hydrogens (tertiary/aromatic N) is 2. The van der Waals surface area contributed by atoms with Gasteiger partial charge in [0.2, 0.25) is 5.82 Å². The first-order valence-electron chi connectivity index (χ1n) is 7.25. The molecule has 0 saturated carbocycles. The normalized spacial score (nSPS) is 13.2. The van der Waals surface area contributed by atoms with E-state index in [9.17, 15) is 14.3 Å². The molecule has 0 bridgehead atoms. The molecule has 138 valence electrons. The highest BCUT2D eigenvalue weighted by atomic mass is 35.5. The minimum Gasteiger partial charge on any atom is -0.394 e. The number of hydrogen-bond donors (Lipinski definition) is 2. The van der Waals surface area contributed by atoms with Crippen molar-refractivity contribution in [1.82, 2.24) is 15.5 Å². The molecule has 0 radical (unpaired) electrons. The summed E-state index contributed by atoms with van der Waals surface area (Å²) < 4.78 is 19.0. The molecule has 26 heavy (non-hydrogen) atoms. The number of aliphatic hydroxyl groups is 1. The molecule has 6 nitrogen and oxygen atoms in total. The molecule has 2 aromatic heterocycles. The van der Waals surface area contributed by atoms with Crippen LogP contribution < -0.4 is 5.32 Å². The van der Waals surface area contributed by atoms with Crippen LogP contribution in [0.15, 0.2) is 46.8 Å². The third-order valence-corrected chi connectivity index (χ3v) is 4.62. The Morgan fingerprint density at radius 3 is 2.85 bits per heavy atom. The largest absolute Gasteiger partial charge is 0.394 e. The smallest absolute Gasteiger partial charge is 0.251 e. The molecule has 0 spiro atoms. The Hall–Kier alpha value is -2.00. The number of amides is 1. The van der Waals surface area contributed by atoms with Crippen molar-refractivity contribution in [3.63, 3.8) is 0 Å². The standard InChI is InChI=1S/C16H14Cl2FN3O3S/c1-3-9(19)5-4-8(2)15(24)20-11(7-23)16-21-14(22-25-16)10-6-12(17)26-13(10)18/h3-6,11,23H,2,7H2,1H3,(H,20,24)/b5-4-,9-3+/t11-/m0/s1. The van der Waals surface area contributed by atoms with Crippen LogP contribution in [0.3, 0.4) is 0 Å². The molecule has 2 heterocycles. The first-order chi connectivity index (χ1) is 12.3. The van der Waals surface area contributed by atoms with E-state index in [4.69, 9.17) is 27.7 Å². The molecule has 2 rings (SSSR count). The summed E-state index contributed by atoms with van der Waals surface area (Å²) >= 11 is 13.1. The molecule has 0 aromatic carbocycles. The van der Waals surface area contributed by atoms with Gasteiger partial charge in [0.25, 0.3) is 11.8 Å². The van der Waals surface area contributed by atoms with Gasteiger partial charge in [0.15, 0.2) is 0 Å². The fourth-order valence-corrected chi connectivity index (χ4v) is 3.22. The highest BCUT2D eigenvalue weighted by Gasteiger charge is 2.23. The number of carbonyl (C=O) groups is 1. The Morgan fingerprint density at radius 2 is 2.27 bits per heavy atom. The molecular weight excluding hydrogens is 404 g/mol. The minimum absolute atomic E-state index is 0.00662. The first kappa shape index (κ1) is 20.3. The van der Waals surface area contributed by atoms with E-state index >= 15 is 0 Å². The lowest BCUT2D eigenvalue weighted by Crippen LogP contribution is -2.31. The van der Waals surface area contributed by atoms with Gasteiger partial charge < -0.3 is 14.9 Å². The highest BCUT2D eigenvalue weighted by Crippen LogP contribution is 2.37.